The molecule has 1 atom stereocenters. The second-order valence-corrected chi connectivity index (χ2v) is 4.27. The van der Waals surface area contributed by atoms with Gasteiger partial charge in [-0.05, 0) is 31.2 Å². The minimum atomic E-state index is -0.0652. The van der Waals surface area contributed by atoms with Crippen molar-refractivity contribution < 1.29 is 9.57 Å². The van der Waals surface area contributed by atoms with Gasteiger partial charge in [0.15, 0.2) is 6.17 Å². The third kappa shape index (κ3) is 3.24. The number of nitrogens with one attached hydrogen (secondary N) is 1. The Kier molecular flexibility index (Phi) is 4.76. The minimum absolute atomic E-state index is 0.0652. The van der Waals surface area contributed by atoms with Crippen molar-refractivity contribution in [2.45, 2.75) is 20.0 Å². The number of methoxy groups -OCH3 is 1. The van der Waals surface area contributed by atoms with Gasteiger partial charge < -0.3 is 14.9 Å². The van der Waals surface area contributed by atoms with Gasteiger partial charge in [0.05, 0.1) is 13.7 Å². The molecule has 0 unspecified atom stereocenters. The molecule has 0 fully saturated rings. The predicted octanol–water partition coefficient (Wildman–Crippen LogP) is 1.97. The lowest BCUT2D eigenvalue weighted by atomic mass is 10.1. The van der Waals surface area contributed by atoms with Gasteiger partial charge in [0, 0.05) is 6.54 Å². The number of nitrogens with zero attached hydrogens (tertiary/aromatic N) is 2. The van der Waals surface area contributed by atoms with E-state index in [9.17, 15) is 0 Å². The van der Waals surface area contributed by atoms with Gasteiger partial charge in [0.2, 0.25) is 5.90 Å². The first-order valence-corrected chi connectivity index (χ1v) is 6.64. The molecule has 5 nitrogen and oxygen atoms in total. The zero-order valence-corrected chi connectivity index (χ0v) is 11.7. The molecule has 1 aliphatic heterocycles. The van der Waals surface area contributed by atoms with E-state index in [0.29, 0.717) is 6.54 Å². The molecule has 104 valence electrons. The van der Waals surface area contributed by atoms with E-state index in [-0.39, 0.29) is 6.17 Å². The van der Waals surface area contributed by atoms with E-state index in [4.69, 9.17) is 9.57 Å². The number of hydroxylamine groups is 2. The molecule has 1 heterocycles. The molecule has 5 heteroatoms. The van der Waals surface area contributed by atoms with E-state index in [0.717, 1.165) is 30.3 Å². The zero-order valence-electron chi connectivity index (χ0n) is 11.7. The number of benzene rings is 1. The van der Waals surface area contributed by atoms with Gasteiger partial charge in [-0.1, -0.05) is 19.1 Å². The summed E-state index contributed by atoms with van der Waals surface area (Å²) in [7, 11) is 1.67. The molecule has 19 heavy (non-hydrogen) atoms. The number of rotatable bonds is 6. The molecule has 0 amide bonds. The van der Waals surface area contributed by atoms with Crippen LogP contribution in [0, 0.1) is 0 Å². The summed E-state index contributed by atoms with van der Waals surface area (Å²) in [5.41, 5.74) is 1.11. The highest BCUT2D eigenvalue weighted by atomic mass is 16.7. The molecule has 1 N–H and O–H groups in total. The van der Waals surface area contributed by atoms with Crippen LogP contribution in [-0.2, 0) is 4.84 Å². The van der Waals surface area contributed by atoms with Crippen molar-refractivity contribution in [2.24, 2.45) is 4.99 Å². The molecule has 0 bridgehead atoms. The molecule has 0 aromatic heterocycles. The van der Waals surface area contributed by atoms with Crippen molar-refractivity contribution in [3.63, 3.8) is 0 Å². The first-order valence-electron chi connectivity index (χ1n) is 6.64. The summed E-state index contributed by atoms with van der Waals surface area (Å²) < 4.78 is 5.17. The second-order valence-electron chi connectivity index (χ2n) is 4.27. The van der Waals surface area contributed by atoms with Gasteiger partial charge in [-0.2, -0.15) is 0 Å². The van der Waals surface area contributed by atoms with Crippen molar-refractivity contribution in [3.05, 3.63) is 29.8 Å². The summed E-state index contributed by atoms with van der Waals surface area (Å²) in [5, 5.41) is 5.11. The summed E-state index contributed by atoms with van der Waals surface area (Å²) in [4.78, 5) is 10.3. The fraction of sp³-hybridized carbons (Fsp3) is 0.500. The van der Waals surface area contributed by atoms with E-state index < -0.39 is 0 Å². The largest absolute Gasteiger partial charge is 0.497 e. The van der Waals surface area contributed by atoms with E-state index in [2.05, 4.69) is 24.2 Å². The van der Waals surface area contributed by atoms with Crippen molar-refractivity contribution >= 4 is 5.90 Å². The maximum Gasteiger partial charge on any atom is 0.225 e. The number of likely N-dealkylation sites (N-methyl/N-ethyl adjacent to an activating group) is 1. The van der Waals surface area contributed by atoms with E-state index >= 15 is 0 Å². The van der Waals surface area contributed by atoms with Crippen molar-refractivity contribution in [1.82, 2.24) is 10.4 Å². The predicted molar refractivity (Wildman–Crippen MR) is 75.2 cm³/mol. The SMILES string of the molecule is CCNCC1=N[C@@H](c2ccc(OC)cc2)N(CC)O1. The average Bonchev–Trinajstić information content (AvgIpc) is 2.88. The van der Waals surface area contributed by atoms with Crippen LogP contribution < -0.4 is 10.1 Å². The fourth-order valence-electron chi connectivity index (χ4n) is 1.97. The number of ether oxygens (including phenoxy) is 1. The highest BCUT2D eigenvalue weighted by Gasteiger charge is 2.28. The van der Waals surface area contributed by atoms with E-state index in [1.54, 1.807) is 7.11 Å². The molecule has 1 aliphatic rings. The molecular formula is C14H21N3O2. The summed E-state index contributed by atoms with van der Waals surface area (Å²) in [6.45, 7) is 6.48. The highest BCUT2D eigenvalue weighted by Crippen LogP contribution is 2.28. The summed E-state index contributed by atoms with van der Waals surface area (Å²) >= 11 is 0. The quantitative estimate of drug-likeness (QED) is 0.852. The summed E-state index contributed by atoms with van der Waals surface area (Å²) in [5.74, 6) is 1.59. The van der Waals surface area contributed by atoms with Gasteiger partial charge in [-0.15, -0.1) is 5.06 Å². The Morgan fingerprint density at radius 3 is 2.63 bits per heavy atom. The lowest BCUT2D eigenvalue weighted by molar-refractivity contribution is -0.0810. The van der Waals surface area contributed by atoms with Gasteiger partial charge in [0.1, 0.15) is 5.75 Å². The van der Waals surface area contributed by atoms with Crippen molar-refractivity contribution in [3.8, 4) is 5.75 Å². The number of aliphatic imine (C=N–C) groups is 1. The van der Waals surface area contributed by atoms with Crippen LogP contribution in [0.3, 0.4) is 0 Å². The molecule has 0 saturated carbocycles. The van der Waals surface area contributed by atoms with Gasteiger partial charge >= 0.3 is 0 Å². The second kappa shape index (κ2) is 6.54. The van der Waals surface area contributed by atoms with Crippen LogP contribution in [0.5, 0.6) is 5.75 Å². The van der Waals surface area contributed by atoms with Crippen LogP contribution in [0.2, 0.25) is 0 Å². The topological polar surface area (TPSA) is 46.1 Å². The van der Waals surface area contributed by atoms with Crippen LogP contribution in [0.25, 0.3) is 0 Å². The molecule has 0 saturated heterocycles. The maximum absolute atomic E-state index is 5.73. The summed E-state index contributed by atoms with van der Waals surface area (Å²) in [6.07, 6.45) is -0.0652. The summed E-state index contributed by atoms with van der Waals surface area (Å²) in [6, 6.07) is 7.94. The standard InChI is InChI=1S/C14H21N3O2/c1-4-15-10-13-16-14(17(5-2)19-13)11-6-8-12(18-3)9-7-11/h6-9,14-15H,4-5,10H2,1-3H3/t14-/m1/s1. The highest BCUT2D eigenvalue weighted by molar-refractivity contribution is 5.79. The monoisotopic (exact) mass is 263 g/mol. The van der Waals surface area contributed by atoms with Gasteiger partial charge in [0.25, 0.3) is 0 Å². The van der Waals surface area contributed by atoms with Gasteiger partial charge in [-0.3, -0.25) is 0 Å². The first-order chi connectivity index (χ1) is 9.28. The maximum atomic E-state index is 5.73. The molecule has 0 spiro atoms. The number of hydrogen-bond donors (Lipinski definition) is 1. The molecule has 2 rings (SSSR count). The van der Waals surface area contributed by atoms with Crippen LogP contribution >= 0.6 is 0 Å². The van der Waals surface area contributed by atoms with Crippen LogP contribution in [0.15, 0.2) is 29.3 Å². The molecule has 1 aromatic rings. The van der Waals surface area contributed by atoms with E-state index in [1.807, 2.05) is 29.3 Å². The Bertz CT molecular complexity index is 431. The Labute approximate surface area is 114 Å². The Hall–Kier alpha value is -1.59. The van der Waals surface area contributed by atoms with Crippen LogP contribution in [0.4, 0.5) is 0 Å². The number of hydrogen-bond acceptors (Lipinski definition) is 5. The minimum Gasteiger partial charge on any atom is -0.497 e. The lowest BCUT2D eigenvalue weighted by Gasteiger charge is -2.19. The molecular weight excluding hydrogens is 242 g/mol. The third-order valence-electron chi connectivity index (χ3n) is 3.01. The molecule has 0 aliphatic carbocycles. The normalized spacial score (nSPS) is 19.1. The Balaban J connectivity index is 2.12. The Morgan fingerprint density at radius 2 is 2.05 bits per heavy atom. The molecule has 0 radical (unpaired) electrons. The van der Waals surface area contributed by atoms with Crippen LogP contribution in [0.1, 0.15) is 25.6 Å². The van der Waals surface area contributed by atoms with Crippen LogP contribution in [-0.4, -0.2) is 37.7 Å². The average molecular weight is 263 g/mol. The Morgan fingerprint density at radius 1 is 1.32 bits per heavy atom. The van der Waals surface area contributed by atoms with Crippen molar-refractivity contribution in [2.75, 3.05) is 26.7 Å². The third-order valence-corrected chi connectivity index (χ3v) is 3.01. The van der Waals surface area contributed by atoms with E-state index in [1.165, 1.54) is 0 Å². The zero-order chi connectivity index (χ0) is 13.7. The molecule has 1 aromatic carbocycles. The van der Waals surface area contributed by atoms with Gasteiger partial charge in [-0.25, -0.2) is 4.99 Å². The smallest absolute Gasteiger partial charge is 0.225 e. The fourth-order valence-corrected chi connectivity index (χ4v) is 1.97. The van der Waals surface area contributed by atoms with Crippen molar-refractivity contribution in [1.29, 1.82) is 0 Å². The first kappa shape index (κ1) is 13.8. The lowest BCUT2D eigenvalue weighted by Crippen LogP contribution is -2.27.